The van der Waals surface area contributed by atoms with Gasteiger partial charge >= 0.3 is 6.09 Å². The van der Waals surface area contributed by atoms with Gasteiger partial charge in [0.2, 0.25) is 0 Å². The molecule has 0 atom stereocenters. The lowest BCUT2D eigenvalue weighted by molar-refractivity contribution is 0.0529. The van der Waals surface area contributed by atoms with Crippen LogP contribution in [0.5, 0.6) is 0 Å². The van der Waals surface area contributed by atoms with E-state index in [1.807, 2.05) is 63.1 Å². The number of hydrogen-bond donors (Lipinski definition) is 3. The third-order valence-corrected chi connectivity index (χ3v) is 6.13. The van der Waals surface area contributed by atoms with Crippen molar-refractivity contribution in [1.29, 1.82) is 0 Å². The van der Waals surface area contributed by atoms with Crippen LogP contribution in [0.1, 0.15) is 31.3 Å². The van der Waals surface area contributed by atoms with Crippen molar-refractivity contribution in [2.75, 3.05) is 67.3 Å². The molecule has 40 heavy (non-hydrogen) atoms. The predicted molar refractivity (Wildman–Crippen MR) is 155 cm³/mol. The number of hydrogen-bond acceptors (Lipinski definition) is 10. The monoisotopic (exact) mass is 548 g/mol. The van der Waals surface area contributed by atoms with Gasteiger partial charge in [0.1, 0.15) is 5.60 Å². The minimum Gasteiger partial charge on any atom is -0.444 e. The molecule has 12 nitrogen and oxygen atoms in total. The van der Waals surface area contributed by atoms with Gasteiger partial charge in [-0.3, -0.25) is 9.78 Å². The number of likely N-dealkylation sites (N-methyl/N-ethyl adjacent to an activating group) is 1. The van der Waals surface area contributed by atoms with Crippen molar-refractivity contribution < 1.29 is 19.1 Å². The van der Waals surface area contributed by atoms with Gasteiger partial charge in [0.05, 0.1) is 42.7 Å². The highest BCUT2D eigenvalue weighted by atomic mass is 16.6. The van der Waals surface area contributed by atoms with Crippen molar-refractivity contribution in [2.24, 2.45) is 0 Å². The van der Waals surface area contributed by atoms with Crippen LogP contribution in [-0.4, -0.2) is 79.0 Å². The Morgan fingerprint density at radius 2 is 1.85 bits per heavy atom. The van der Waals surface area contributed by atoms with Crippen LogP contribution in [-0.2, 0) is 9.47 Å². The van der Waals surface area contributed by atoms with Gasteiger partial charge in [-0.05, 0) is 39.0 Å². The second-order valence-electron chi connectivity index (χ2n) is 10.3. The largest absolute Gasteiger partial charge is 0.444 e. The van der Waals surface area contributed by atoms with Crippen molar-refractivity contribution in [3.8, 4) is 11.3 Å². The summed E-state index contributed by atoms with van der Waals surface area (Å²) in [6.07, 6.45) is 4.39. The molecule has 4 rings (SSSR count). The summed E-state index contributed by atoms with van der Waals surface area (Å²) in [5, 5.41) is 5.65. The Hall–Kier alpha value is -4.45. The Morgan fingerprint density at radius 1 is 1.12 bits per heavy atom. The second-order valence-corrected chi connectivity index (χ2v) is 10.3. The molecular weight excluding hydrogens is 512 g/mol. The second kappa shape index (κ2) is 12.6. The zero-order valence-electron chi connectivity index (χ0n) is 23.3. The van der Waals surface area contributed by atoms with Crippen molar-refractivity contribution in [2.45, 2.75) is 26.4 Å². The summed E-state index contributed by atoms with van der Waals surface area (Å²) in [7, 11) is 1.93. The van der Waals surface area contributed by atoms with Crippen molar-refractivity contribution in [3.63, 3.8) is 0 Å². The van der Waals surface area contributed by atoms with E-state index in [4.69, 9.17) is 15.2 Å². The minimum absolute atomic E-state index is 0.0312. The van der Waals surface area contributed by atoms with E-state index >= 15 is 0 Å². The average molecular weight is 549 g/mol. The summed E-state index contributed by atoms with van der Waals surface area (Å²) in [5.74, 6) is -0.435. The van der Waals surface area contributed by atoms with Crippen LogP contribution >= 0.6 is 0 Å². The zero-order valence-corrected chi connectivity index (χ0v) is 23.3. The summed E-state index contributed by atoms with van der Waals surface area (Å²) in [6.45, 7) is 9.16. The summed E-state index contributed by atoms with van der Waals surface area (Å²) < 4.78 is 10.7. The summed E-state index contributed by atoms with van der Waals surface area (Å²) in [4.78, 5) is 42.1. The first kappa shape index (κ1) is 28.6. The molecule has 0 unspecified atom stereocenters. The van der Waals surface area contributed by atoms with E-state index in [1.165, 1.54) is 0 Å². The lowest BCUT2D eigenvalue weighted by Crippen LogP contribution is -2.37. The molecule has 0 aliphatic carbocycles. The van der Waals surface area contributed by atoms with Crippen LogP contribution in [0.25, 0.3) is 11.3 Å². The molecule has 1 saturated heterocycles. The van der Waals surface area contributed by atoms with E-state index in [2.05, 4.69) is 30.5 Å². The van der Waals surface area contributed by atoms with Crippen LogP contribution in [0.2, 0.25) is 0 Å². The Kier molecular flexibility index (Phi) is 9.00. The van der Waals surface area contributed by atoms with Crippen LogP contribution in [0.15, 0.2) is 48.9 Å². The molecule has 1 aromatic carbocycles. The first-order valence-electron chi connectivity index (χ1n) is 13.1. The Morgan fingerprint density at radius 3 is 2.55 bits per heavy atom. The standard InChI is InChI=1S/C28H36N8O4/c1-28(2,3)40-27(38)31-11-12-35(4)20-7-5-19(6-8-20)21-18-32-25(29)24(33-21)26(37)34-22-17-30-10-9-23(22)36-13-15-39-16-14-36/h5-10,17-18H,11-16H2,1-4H3,(H2,29,32)(H,31,38)(H,34,37). The number of amides is 2. The number of pyridine rings is 1. The fourth-order valence-electron chi connectivity index (χ4n) is 4.11. The SMILES string of the molecule is CN(CCNC(=O)OC(C)(C)C)c1ccc(-c2cnc(N)c(C(=O)Nc3cnccc3N3CCOCC3)n2)cc1. The number of nitrogens with zero attached hydrogens (tertiary/aromatic N) is 5. The number of rotatable bonds is 8. The smallest absolute Gasteiger partial charge is 0.407 e. The van der Waals surface area contributed by atoms with E-state index in [0.717, 1.165) is 30.0 Å². The Balaban J connectivity index is 1.41. The number of nitrogens with two attached hydrogens (primary N) is 1. The number of alkyl carbamates (subject to hydrolysis) is 1. The van der Waals surface area contributed by atoms with Gasteiger partial charge < -0.3 is 35.6 Å². The molecule has 1 aliphatic rings. The molecule has 0 saturated carbocycles. The number of carbonyl (C=O) groups excluding carboxylic acids is 2. The molecule has 0 radical (unpaired) electrons. The van der Waals surface area contributed by atoms with Gasteiger partial charge in [-0.25, -0.2) is 14.8 Å². The maximum Gasteiger partial charge on any atom is 0.407 e. The molecule has 2 amide bonds. The fourth-order valence-corrected chi connectivity index (χ4v) is 4.11. The van der Waals surface area contributed by atoms with Crippen molar-refractivity contribution >= 4 is 34.9 Å². The van der Waals surface area contributed by atoms with E-state index in [0.29, 0.717) is 37.7 Å². The summed E-state index contributed by atoms with van der Waals surface area (Å²) in [6, 6.07) is 9.52. The normalized spacial score (nSPS) is 13.4. The number of anilines is 4. The number of morpholine rings is 1. The van der Waals surface area contributed by atoms with E-state index in [1.54, 1.807) is 18.6 Å². The van der Waals surface area contributed by atoms with Gasteiger partial charge in [-0.1, -0.05) is 12.1 Å². The first-order valence-corrected chi connectivity index (χ1v) is 13.1. The quantitative estimate of drug-likeness (QED) is 0.383. The molecule has 0 bridgehead atoms. The number of benzene rings is 1. The van der Waals surface area contributed by atoms with Crippen molar-refractivity contribution in [3.05, 3.63) is 54.6 Å². The van der Waals surface area contributed by atoms with Gasteiger partial charge in [0.25, 0.3) is 5.91 Å². The maximum atomic E-state index is 13.2. The van der Waals surface area contributed by atoms with Crippen LogP contribution < -0.4 is 26.2 Å². The summed E-state index contributed by atoms with van der Waals surface area (Å²) >= 11 is 0. The lowest BCUT2D eigenvalue weighted by Gasteiger charge is -2.30. The molecule has 12 heteroatoms. The number of nitrogens with one attached hydrogen (secondary N) is 2. The topological polar surface area (TPSA) is 148 Å². The van der Waals surface area contributed by atoms with Crippen molar-refractivity contribution in [1.82, 2.24) is 20.3 Å². The average Bonchev–Trinajstić information content (AvgIpc) is 2.93. The number of carbonyl (C=O) groups is 2. The third-order valence-electron chi connectivity index (χ3n) is 6.13. The first-order chi connectivity index (χ1) is 19.1. The zero-order chi connectivity index (χ0) is 28.7. The van der Waals surface area contributed by atoms with Crippen LogP contribution in [0.3, 0.4) is 0 Å². The Labute approximate surface area is 233 Å². The molecule has 0 spiro atoms. The minimum atomic E-state index is -0.540. The number of nitrogen functional groups attached to an aromatic ring is 1. The molecule has 1 fully saturated rings. The predicted octanol–water partition coefficient (Wildman–Crippen LogP) is 3.17. The third kappa shape index (κ3) is 7.56. The van der Waals surface area contributed by atoms with Gasteiger partial charge in [-0.15, -0.1) is 0 Å². The summed E-state index contributed by atoms with van der Waals surface area (Å²) in [5.41, 5.74) is 9.20. The van der Waals surface area contributed by atoms with Gasteiger partial charge in [0, 0.05) is 50.7 Å². The molecular formula is C28H36N8O4. The van der Waals surface area contributed by atoms with E-state index in [9.17, 15) is 9.59 Å². The maximum absolute atomic E-state index is 13.2. The molecule has 212 valence electrons. The molecule has 3 aromatic rings. The van der Waals surface area contributed by atoms with E-state index in [-0.39, 0.29) is 11.5 Å². The molecule has 4 N–H and O–H groups in total. The molecule has 2 aromatic heterocycles. The molecule has 1 aliphatic heterocycles. The Bertz CT molecular complexity index is 1320. The van der Waals surface area contributed by atoms with Crippen LogP contribution in [0, 0.1) is 0 Å². The highest BCUT2D eigenvalue weighted by molar-refractivity contribution is 6.07. The van der Waals surface area contributed by atoms with E-state index < -0.39 is 17.6 Å². The number of ether oxygens (including phenoxy) is 2. The highest BCUT2D eigenvalue weighted by Crippen LogP contribution is 2.27. The highest BCUT2D eigenvalue weighted by Gasteiger charge is 2.20. The van der Waals surface area contributed by atoms with Gasteiger partial charge in [0.15, 0.2) is 11.5 Å². The van der Waals surface area contributed by atoms with Gasteiger partial charge in [-0.2, -0.15) is 0 Å². The molecule has 3 heterocycles. The lowest BCUT2D eigenvalue weighted by atomic mass is 10.1. The van der Waals surface area contributed by atoms with Crippen LogP contribution in [0.4, 0.5) is 27.7 Å². The number of aromatic nitrogens is 3. The fraction of sp³-hybridized carbons (Fsp3) is 0.393.